The molecule has 4 aromatic rings. The number of halogens is 1. The molecular formula is C27H28ClNO. The predicted molar refractivity (Wildman–Crippen MR) is 128 cm³/mol. The highest BCUT2D eigenvalue weighted by atomic mass is 35.5. The van der Waals surface area contributed by atoms with E-state index >= 15 is 0 Å². The second-order valence-corrected chi connectivity index (χ2v) is 8.39. The minimum atomic E-state index is -0.423. The number of benzene rings is 3. The third-order valence-corrected chi connectivity index (χ3v) is 6.13. The van der Waals surface area contributed by atoms with Gasteiger partial charge in [0.2, 0.25) is 0 Å². The van der Waals surface area contributed by atoms with E-state index in [-0.39, 0.29) is 0 Å². The topological polar surface area (TPSA) is 22.0 Å². The summed E-state index contributed by atoms with van der Waals surface area (Å²) in [5.74, 6) is 0. The first-order valence-corrected chi connectivity index (χ1v) is 11.4. The number of hydrogen-bond donors (Lipinski definition) is 0. The van der Waals surface area contributed by atoms with Crippen LogP contribution in [-0.4, -0.2) is 9.81 Å². The van der Waals surface area contributed by atoms with Crippen molar-refractivity contribution in [2.24, 2.45) is 0 Å². The molecule has 0 radical (unpaired) electrons. The van der Waals surface area contributed by atoms with Gasteiger partial charge in [-0.25, -0.2) is 0 Å². The Kier molecular flexibility index (Phi) is 6.54. The SMILES string of the molecule is CCCCCCCCc1ccc(-n2c3ccccc3c3cc(C(=O)Cl)ccc32)cc1. The van der Waals surface area contributed by atoms with Crippen LogP contribution in [0.4, 0.5) is 0 Å². The van der Waals surface area contributed by atoms with E-state index in [1.807, 2.05) is 18.2 Å². The van der Waals surface area contributed by atoms with Crippen LogP contribution < -0.4 is 0 Å². The minimum Gasteiger partial charge on any atom is -0.309 e. The molecule has 0 saturated carbocycles. The smallest absolute Gasteiger partial charge is 0.252 e. The van der Waals surface area contributed by atoms with Crippen LogP contribution in [0.5, 0.6) is 0 Å². The summed E-state index contributed by atoms with van der Waals surface area (Å²) in [6, 6.07) is 22.9. The number of carbonyl (C=O) groups excluding carboxylic acids is 1. The largest absolute Gasteiger partial charge is 0.309 e. The van der Waals surface area contributed by atoms with Gasteiger partial charge in [-0.2, -0.15) is 0 Å². The number of carbonyl (C=O) groups is 1. The Morgan fingerprint density at radius 1 is 0.800 bits per heavy atom. The van der Waals surface area contributed by atoms with Crippen LogP contribution >= 0.6 is 11.6 Å². The number of aryl methyl sites for hydroxylation is 1. The van der Waals surface area contributed by atoms with Gasteiger partial charge in [-0.1, -0.05) is 69.4 Å². The number of rotatable bonds is 9. The lowest BCUT2D eigenvalue weighted by molar-refractivity contribution is 0.108. The van der Waals surface area contributed by atoms with Gasteiger partial charge in [0.1, 0.15) is 0 Å². The summed E-state index contributed by atoms with van der Waals surface area (Å²) in [5.41, 5.74) is 5.28. The third kappa shape index (κ3) is 4.29. The number of aromatic nitrogens is 1. The second-order valence-electron chi connectivity index (χ2n) is 8.04. The molecule has 0 N–H and O–H groups in total. The molecule has 1 aromatic heterocycles. The highest BCUT2D eigenvalue weighted by Gasteiger charge is 2.13. The monoisotopic (exact) mass is 417 g/mol. The Labute approximate surface area is 183 Å². The summed E-state index contributed by atoms with van der Waals surface area (Å²) in [6.07, 6.45) is 9.08. The first-order chi connectivity index (χ1) is 14.7. The van der Waals surface area contributed by atoms with Crippen molar-refractivity contribution in [1.82, 2.24) is 4.57 Å². The zero-order valence-corrected chi connectivity index (χ0v) is 18.3. The van der Waals surface area contributed by atoms with Gasteiger partial charge in [-0.3, -0.25) is 4.79 Å². The molecule has 0 aliphatic carbocycles. The molecule has 0 aliphatic rings. The van der Waals surface area contributed by atoms with Crippen molar-refractivity contribution in [2.45, 2.75) is 51.9 Å². The lowest BCUT2D eigenvalue weighted by Gasteiger charge is -2.09. The molecule has 154 valence electrons. The lowest BCUT2D eigenvalue weighted by Crippen LogP contribution is -1.95. The van der Waals surface area contributed by atoms with Crippen molar-refractivity contribution < 1.29 is 4.79 Å². The lowest BCUT2D eigenvalue weighted by atomic mass is 10.0. The van der Waals surface area contributed by atoms with Crippen LogP contribution in [0.25, 0.3) is 27.5 Å². The fourth-order valence-corrected chi connectivity index (χ4v) is 4.41. The molecule has 0 unspecified atom stereocenters. The average Bonchev–Trinajstić information content (AvgIpc) is 3.10. The van der Waals surface area contributed by atoms with E-state index in [0.29, 0.717) is 5.56 Å². The quantitative estimate of drug-likeness (QED) is 0.199. The molecule has 0 saturated heterocycles. The van der Waals surface area contributed by atoms with Crippen molar-refractivity contribution >= 4 is 38.6 Å². The molecule has 0 bridgehead atoms. The van der Waals surface area contributed by atoms with Crippen molar-refractivity contribution in [3.63, 3.8) is 0 Å². The fourth-order valence-electron chi connectivity index (χ4n) is 4.29. The number of nitrogens with zero attached hydrogens (tertiary/aromatic N) is 1. The maximum absolute atomic E-state index is 11.7. The Balaban J connectivity index is 1.61. The summed E-state index contributed by atoms with van der Waals surface area (Å²) >= 11 is 5.73. The Bertz CT molecular complexity index is 1160. The molecule has 3 aromatic carbocycles. The Morgan fingerprint density at radius 3 is 2.27 bits per heavy atom. The van der Waals surface area contributed by atoms with Crippen molar-refractivity contribution in [1.29, 1.82) is 0 Å². The van der Waals surface area contributed by atoms with Crippen LogP contribution in [0.15, 0.2) is 66.7 Å². The van der Waals surface area contributed by atoms with E-state index in [4.69, 9.17) is 11.6 Å². The number of para-hydroxylation sites is 1. The molecule has 0 atom stereocenters. The van der Waals surface area contributed by atoms with Crippen molar-refractivity contribution in [2.75, 3.05) is 0 Å². The van der Waals surface area contributed by atoms with Gasteiger partial charge in [-0.15, -0.1) is 0 Å². The zero-order chi connectivity index (χ0) is 20.9. The molecule has 0 spiro atoms. The van der Waals surface area contributed by atoms with Crippen LogP contribution in [0.3, 0.4) is 0 Å². The minimum absolute atomic E-state index is 0.423. The van der Waals surface area contributed by atoms with Gasteiger partial charge in [-0.05, 0) is 66.4 Å². The normalized spacial score (nSPS) is 11.4. The van der Waals surface area contributed by atoms with E-state index in [1.54, 1.807) is 6.07 Å². The molecule has 2 nitrogen and oxygen atoms in total. The van der Waals surface area contributed by atoms with Crippen LogP contribution in [-0.2, 0) is 6.42 Å². The standard InChI is InChI=1S/C27H28ClNO/c1-2-3-4-5-6-7-10-20-13-16-22(17-14-20)29-25-12-9-8-11-23(25)24-19-21(27(28)30)15-18-26(24)29/h8-9,11-19H,2-7,10H2,1H3. The van der Waals surface area contributed by atoms with Gasteiger partial charge < -0.3 is 4.57 Å². The molecule has 30 heavy (non-hydrogen) atoms. The van der Waals surface area contributed by atoms with Gasteiger partial charge in [0.05, 0.1) is 11.0 Å². The van der Waals surface area contributed by atoms with E-state index in [2.05, 4.69) is 54.0 Å². The molecule has 0 amide bonds. The molecule has 0 fully saturated rings. The van der Waals surface area contributed by atoms with E-state index in [1.165, 1.54) is 44.1 Å². The van der Waals surface area contributed by atoms with Crippen molar-refractivity contribution in [3.8, 4) is 5.69 Å². The fraction of sp³-hybridized carbons (Fsp3) is 0.296. The van der Waals surface area contributed by atoms with Crippen LogP contribution in [0.2, 0.25) is 0 Å². The second kappa shape index (κ2) is 9.49. The molecule has 0 aliphatic heterocycles. The molecule has 4 rings (SSSR count). The number of unbranched alkanes of at least 4 members (excludes halogenated alkanes) is 5. The highest BCUT2D eigenvalue weighted by molar-refractivity contribution is 6.67. The number of fused-ring (bicyclic) bond motifs is 3. The zero-order valence-electron chi connectivity index (χ0n) is 17.5. The summed E-state index contributed by atoms with van der Waals surface area (Å²) < 4.78 is 2.27. The maximum Gasteiger partial charge on any atom is 0.252 e. The van der Waals surface area contributed by atoms with Gasteiger partial charge in [0.15, 0.2) is 0 Å². The van der Waals surface area contributed by atoms with Gasteiger partial charge in [0.25, 0.3) is 5.24 Å². The first kappa shape index (κ1) is 20.7. The summed E-state index contributed by atoms with van der Waals surface area (Å²) in [4.78, 5) is 11.7. The van der Waals surface area contributed by atoms with Gasteiger partial charge in [0, 0.05) is 22.0 Å². The average molecular weight is 418 g/mol. The summed E-state index contributed by atoms with van der Waals surface area (Å²) in [5, 5.41) is 1.75. The van der Waals surface area contributed by atoms with E-state index in [0.717, 1.165) is 33.9 Å². The Hall–Kier alpha value is -2.58. The first-order valence-electron chi connectivity index (χ1n) is 11.0. The molecular weight excluding hydrogens is 390 g/mol. The van der Waals surface area contributed by atoms with Crippen molar-refractivity contribution in [3.05, 3.63) is 77.9 Å². The number of hydrogen-bond acceptors (Lipinski definition) is 1. The van der Waals surface area contributed by atoms with E-state index < -0.39 is 5.24 Å². The third-order valence-electron chi connectivity index (χ3n) is 5.91. The predicted octanol–water partition coefficient (Wildman–Crippen LogP) is 8.07. The summed E-state index contributed by atoms with van der Waals surface area (Å²) in [7, 11) is 0. The molecule has 3 heteroatoms. The summed E-state index contributed by atoms with van der Waals surface area (Å²) in [6.45, 7) is 2.26. The molecule has 1 heterocycles. The Morgan fingerprint density at radius 2 is 1.50 bits per heavy atom. The van der Waals surface area contributed by atoms with Crippen LogP contribution in [0.1, 0.15) is 61.4 Å². The highest BCUT2D eigenvalue weighted by Crippen LogP contribution is 2.33. The van der Waals surface area contributed by atoms with E-state index in [9.17, 15) is 4.79 Å². The maximum atomic E-state index is 11.7. The van der Waals surface area contributed by atoms with Crippen LogP contribution in [0, 0.1) is 0 Å². The van der Waals surface area contributed by atoms with Gasteiger partial charge >= 0.3 is 0 Å².